The average molecular weight is 531 g/mol. The normalized spacial score (nSPS) is 13.5. The Bertz CT molecular complexity index is 1170. The Kier molecular flexibility index (Phi) is 10.7. The highest BCUT2D eigenvalue weighted by molar-refractivity contribution is 6.01. The number of anilines is 2. The maximum Gasteiger partial charge on any atom is 0.326 e. The summed E-state index contributed by atoms with van der Waals surface area (Å²) in [6.45, 7) is 5.66. The van der Waals surface area contributed by atoms with Gasteiger partial charge in [0, 0.05) is 63.6 Å². The standard InChI is InChI=1S/C31H38N4O4/c1-33(25-26-10-4-2-5-11-26)30(36)16-9-17-35(31(37)32-27-12-6-3-7-13-27)28-14-8-15-29(24-28)39-23-20-34-18-21-38-22-19-34/h2-8,10-15,24H,9,16-23,25H2,1H3,(H,32,37). The minimum Gasteiger partial charge on any atom is -0.492 e. The van der Waals surface area contributed by atoms with E-state index in [1.165, 1.54) is 0 Å². The largest absolute Gasteiger partial charge is 0.492 e. The fraction of sp³-hybridized carbons (Fsp3) is 0.355. The summed E-state index contributed by atoms with van der Waals surface area (Å²) in [5.74, 6) is 0.749. The summed E-state index contributed by atoms with van der Waals surface area (Å²) >= 11 is 0. The minimum absolute atomic E-state index is 0.0440. The average Bonchev–Trinajstić information content (AvgIpc) is 2.97. The van der Waals surface area contributed by atoms with Gasteiger partial charge in [-0.05, 0) is 36.2 Å². The molecular formula is C31H38N4O4. The van der Waals surface area contributed by atoms with Crippen LogP contribution in [0.2, 0.25) is 0 Å². The number of amides is 3. The van der Waals surface area contributed by atoms with E-state index in [0.717, 1.165) is 44.1 Å². The molecule has 3 aromatic rings. The van der Waals surface area contributed by atoms with Crippen LogP contribution in [0.5, 0.6) is 5.75 Å². The van der Waals surface area contributed by atoms with Gasteiger partial charge in [-0.15, -0.1) is 0 Å². The first kappa shape index (κ1) is 28.1. The van der Waals surface area contributed by atoms with Gasteiger partial charge in [-0.25, -0.2) is 4.79 Å². The number of nitrogens with zero attached hydrogens (tertiary/aromatic N) is 3. The molecule has 39 heavy (non-hydrogen) atoms. The second-order valence-electron chi connectivity index (χ2n) is 9.59. The lowest BCUT2D eigenvalue weighted by atomic mass is 10.2. The molecule has 0 atom stereocenters. The minimum atomic E-state index is -0.253. The third-order valence-electron chi connectivity index (χ3n) is 6.64. The van der Waals surface area contributed by atoms with E-state index in [1.807, 2.05) is 92.0 Å². The van der Waals surface area contributed by atoms with Crippen LogP contribution in [-0.4, -0.2) is 74.8 Å². The van der Waals surface area contributed by atoms with Gasteiger partial charge in [-0.1, -0.05) is 54.6 Å². The number of urea groups is 1. The van der Waals surface area contributed by atoms with Crippen molar-refractivity contribution in [3.05, 3.63) is 90.5 Å². The lowest BCUT2D eigenvalue weighted by Gasteiger charge is -2.26. The molecule has 0 bridgehead atoms. The maximum absolute atomic E-state index is 13.4. The number of ether oxygens (including phenoxy) is 2. The number of nitrogens with one attached hydrogen (secondary N) is 1. The SMILES string of the molecule is CN(Cc1ccccc1)C(=O)CCCN(C(=O)Nc1ccccc1)c1cccc(OCCN2CCOCC2)c1. The summed E-state index contributed by atoms with van der Waals surface area (Å²) in [5, 5.41) is 2.97. The van der Waals surface area contributed by atoms with Crippen molar-refractivity contribution in [2.24, 2.45) is 0 Å². The zero-order chi connectivity index (χ0) is 27.3. The molecule has 1 aliphatic heterocycles. The molecule has 1 fully saturated rings. The molecule has 3 amide bonds. The van der Waals surface area contributed by atoms with Gasteiger partial charge in [0.15, 0.2) is 0 Å². The van der Waals surface area contributed by atoms with Gasteiger partial charge in [0.2, 0.25) is 5.91 Å². The van der Waals surface area contributed by atoms with Gasteiger partial charge in [0.25, 0.3) is 0 Å². The van der Waals surface area contributed by atoms with E-state index in [4.69, 9.17) is 9.47 Å². The maximum atomic E-state index is 13.4. The van der Waals surface area contributed by atoms with Crippen molar-refractivity contribution in [3.8, 4) is 5.75 Å². The fourth-order valence-corrected chi connectivity index (χ4v) is 4.44. The van der Waals surface area contributed by atoms with Crippen LogP contribution in [0.15, 0.2) is 84.9 Å². The van der Waals surface area contributed by atoms with E-state index in [-0.39, 0.29) is 11.9 Å². The first-order chi connectivity index (χ1) is 19.1. The third kappa shape index (κ3) is 9.12. The number of morpholine rings is 1. The van der Waals surface area contributed by atoms with Gasteiger partial charge in [0.05, 0.1) is 13.2 Å². The zero-order valence-electron chi connectivity index (χ0n) is 22.6. The monoisotopic (exact) mass is 530 g/mol. The first-order valence-electron chi connectivity index (χ1n) is 13.5. The van der Waals surface area contributed by atoms with Gasteiger partial charge < -0.3 is 19.7 Å². The Morgan fingerprint density at radius 1 is 0.949 bits per heavy atom. The highest BCUT2D eigenvalue weighted by Gasteiger charge is 2.18. The van der Waals surface area contributed by atoms with E-state index in [2.05, 4.69) is 10.2 Å². The van der Waals surface area contributed by atoms with Crippen LogP contribution in [0, 0.1) is 0 Å². The number of para-hydroxylation sites is 1. The van der Waals surface area contributed by atoms with Crippen molar-refractivity contribution in [2.75, 3.05) is 63.3 Å². The molecular weight excluding hydrogens is 492 g/mol. The highest BCUT2D eigenvalue weighted by Crippen LogP contribution is 2.23. The van der Waals surface area contributed by atoms with E-state index < -0.39 is 0 Å². The molecule has 0 aliphatic carbocycles. The Labute approximate surface area is 231 Å². The zero-order valence-corrected chi connectivity index (χ0v) is 22.6. The quantitative estimate of drug-likeness (QED) is 0.362. The number of hydrogen-bond acceptors (Lipinski definition) is 5. The molecule has 8 heteroatoms. The van der Waals surface area contributed by atoms with E-state index in [1.54, 1.807) is 9.80 Å². The van der Waals surface area contributed by atoms with E-state index in [9.17, 15) is 9.59 Å². The highest BCUT2D eigenvalue weighted by atomic mass is 16.5. The summed E-state index contributed by atoms with van der Waals surface area (Å²) in [4.78, 5) is 31.9. The molecule has 0 saturated carbocycles. The molecule has 3 aromatic carbocycles. The third-order valence-corrected chi connectivity index (χ3v) is 6.64. The van der Waals surface area contributed by atoms with Crippen LogP contribution in [0.4, 0.5) is 16.2 Å². The topological polar surface area (TPSA) is 74.4 Å². The Balaban J connectivity index is 1.37. The molecule has 0 aromatic heterocycles. The van der Waals surface area contributed by atoms with Crippen molar-refractivity contribution < 1.29 is 19.1 Å². The lowest BCUT2D eigenvalue weighted by molar-refractivity contribution is -0.130. The van der Waals surface area contributed by atoms with Crippen LogP contribution < -0.4 is 15.0 Å². The Morgan fingerprint density at radius 3 is 2.41 bits per heavy atom. The van der Waals surface area contributed by atoms with E-state index in [0.29, 0.717) is 44.0 Å². The molecule has 0 unspecified atom stereocenters. The molecule has 1 saturated heterocycles. The molecule has 1 heterocycles. The van der Waals surface area contributed by atoms with Crippen LogP contribution in [0.25, 0.3) is 0 Å². The summed E-state index contributed by atoms with van der Waals surface area (Å²) in [6, 6.07) is 26.6. The lowest BCUT2D eigenvalue weighted by Crippen LogP contribution is -2.38. The van der Waals surface area contributed by atoms with E-state index >= 15 is 0 Å². The van der Waals surface area contributed by atoms with Crippen LogP contribution in [-0.2, 0) is 16.1 Å². The molecule has 1 aliphatic rings. The Hall–Kier alpha value is -3.88. The van der Waals surface area contributed by atoms with Crippen molar-refractivity contribution >= 4 is 23.3 Å². The van der Waals surface area contributed by atoms with Crippen molar-refractivity contribution in [1.82, 2.24) is 9.80 Å². The predicted molar refractivity (Wildman–Crippen MR) is 154 cm³/mol. The van der Waals surface area contributed by atoms with Crippen molar-refractivity contribution in [2.45, 2.75) is 19.4 Å². The van der Waals surface area contributed by atoms with Crippen LogP contribution >= 0.6 is 0 Å². The molecule has 8 nitrogen and oxygen atoms in total. The molecule has 206 valence electrons. The molecule has 0 radical (unpaired) electrons. The number of hydrogen-bond donors (Lipinski definition) is 1. The summed E-state index contributed by atoms with van der Waals surface area (Å²) in [6.07, 6.45) is 0.872. The fourth-order valence-electron chi connectivity index (χ4n) is 4.44. The van der Waals surface area contributed by atoms with Gasteiger partial charge in [-0.2, -0.15) is 0 Å². The predicted octanol–water partition coefficient (Wildman–Crippen LogP) is 4.87. The smallest absolute Gasteiger partial charge is 0.326 e. The van der Waals surface area contributed by atoms with Crippen molar-refractivity contribution in [3.63, 3.8) is 0 Å². The summed E-state index contributed by atoms with van der Waals surface area (Å²) in [5.41, 5.74) is 2.52. The summed E-state index contributed by atoms with van der Waals surface area (Å²) < 4.78 is 11.4. The van der Waals surface area contributed by atoms with Crippen LogP contribution in [0.3, 0.4) is 0 Å². The van der Waals surface area contributed by atoms with Gasteiger partial charge in [0.1, 0.15) is 12.4 Å². The first-order valence-corrected chi connectivity index (χ1v) is 13.5. The second-order valence-corrected chi connectivity index (χ2v) is 9.59. The molecule has 4 rings (SSSR count). The summed E-state index contributed by atoms with van der Waals surface area (Å²) in [7, 11) is 1.81. The Morgan fingerprint density at radius 2 is 1.67 bits per heavy atom. The number of benzene rings is 3. The second kappa shape index (κ2) is 14.9. The van der Waals surface area contributed by atoms with Gasteiger partial charge in [-0.3, -0.25) is 14.6 Å². The van der Waals surface area contributed by atoms with Crippen LogP contribution in [0.1, 0.15) is 18.4 Å². The molecule has 1 N–H and O–H groups in total. The van der Waals surface area contributed by atoms with Crippen molar-refractivity contribution in [1.29, 1.82) is 0 Å². The number of carbonyl (C=O) groups is 2. The molecule has 0 spiro atoms. The number of carbonyl (C=O) groups excluding carboxylic acids is 2. The van der Waals surface area contributed by atoms with Gasteiger partial charge >= 0.3 is 6.03 Å². The number of rotatable bonds is 12.